The van der Waals surface area contributed by atoms with Gasteiger partial charge in [0.2, 0.25) is 0 Å². The van der Waals surface area contributed by atoms with Gasteiger partial charge in [-0.15, -0.1) is 0 Å². The smallest absolute Gasteiger partial charge is 0.134 e. The number of likely N-dealkylation sites (tertiary alicyclic amines) is 1. The molecular weight excluding hydrogens is 210 g/mol. The van der Waals surface area contributed by atoms with E-state index in [0.29, 0.717) is 5.78 Å². The average molecular weight is 229 g/mol. The quantitative estimate of drug-likeness (QED) is 0.794. The molecule has 0 atom stereocenters. The number of rotatable bonds is 3. The Bertz CT molecular complexity index is 383. The van der Waals surface area contributed by atoms with Gasteiger partial charge in [0.1, 0.15) is 5.78 Å². The maximum absolute atomic E-state index is 11.3. The van der Waals surface area contributed by atoms with Crippen molar-refractivity contribution in [2.24, 2.45) is 0 Å². The number of carbonyl (C=O) groups excluding carboxylic acids is 1. The van der Waals surface area contributed by atoms with Crippen LogP contribution in [0.2, 0.25) is 0 Å². The highest BCUT2D eigenvalue weighted by molar-refractivity contribution is 5.78. The molecule has 1 aromatic rings. The molecule has 90 valence electrons. The molecule has 1 aromatic carbocycles. The van der Waals surface area contributed by atoms with Gasteiger partial charge in [0.15, 0.2) is 0 Å². The van der Waals surface area contributed by atoms with Crippen LogP contribution in [0.25, 0.3) is 6.08 Å². The van der Waals surface area contributed by atoms with Crippen LogP contribution in [-0.4, -0.2) is 30.3 Å². The molecule has 1 saturated heterocycles. The molecule has 2 heteroatoms. The molecule has 0 spiro atoms. The Morgan fingerprint density at radius 3 is 2.76 bits per heavy atom. The zero-order valence-electron chi connectivity index (χ0n) is 10.1. The molecule has 0 N–H and O–H groups in total. The number of carbonyl (C=O) groups is 1. The highest BCUT2D eigenvalue weighted by atomic mass is 16.1. The van der Waals surface area contributed by atoms with Gasteiger partial charge in [0.25, 0.3) is 0 Å². The number of hydrogen-bond acceptors (Lipinski definition) is 2. The fraction of sp³-hybridized carbons (Fsp3) is 0.400. The third-order valence-corrected chi connectivity index (χ3v) is 3.11. The summed E-state index contributed by atoms with van der Waals surface area (Å²) < 4.78 is 0. The van der Waals surface area contributed by atoms with Crippen LogP contribution in [0.5, 0.6) is 0 Å². The van der Waals surface area contributed by atoms with Crippen molar-refractivity contribution >= 4 is 11.9 Å². The standard InChI is InChI=1S/C15H19NO/c17-15-9-5-12-16(13-10-15)11-4-8-14-6-2-1-3-7-14/h1-4,6-8H,5,9-13H2. The van der Waals surface area contributed by atoms with Crippen molar-refractivity contribution < 1.29 is 4.79 Å². The molecule has 0 radical (unpaired) electrons. The zero-order valence-corrected chi connectivity index (χ0v) is 10.1. The first-order valence-corrected chi connectivity index (χ1v) is 6.30. The molecule has 0 unspecified atom stereocenters. The van der Waals surface area contributed by atoms with Gasteiger partial charge in [-0.2, -0.15) is 0 Å². The van der Waals surface area contributed by atoms with Crippen LogP contribution in [-0.2, 0) is 4.79 Å². The van der Waals surface area contributed by atoms with Crippen molar-refractivity contribution in [2.45, 2.75) is 19.3 Å². The van der Waals surface area contributed by atoms with E-state index >= 15 is 0 Å². The van der Waals surface area contributed by atoms with Crippen LogP contribution >= 0.6 is 0 Å². The molecule has 1 heterocycles. The van der Waals surface area contributed by atoms with Crippen LogP contribution in [0.15, 0.2) is 36.4 Å². The Hall–Kier alpha value is -1.41. The van der Waals surface area contributed by atoms with E-state index in [0.717, 1.165) is 38.9 Å². The third-order valence-electron chi connectivity index (χ3n) is 3.11. The van der Waals surface area contributed by atoms with E-state index in [2.05, 4.69) is 29.2 Å². The molecule has 0 aromatic heterocycles. The lowest BCUT2D eigenvalue weighted by Crippen LogP contribution is -2.24. The van der Waals surface area contributed by atoms with Crippen LogP contribution in [0, 0.1) is 0 Å². The first-order valence-electron chi connectivity index (χ1n) is 6.30. The minimum absolute atomic E-state index is 0.416. The second-order valence-corrected chi connectivity index (χ2v) is 4.51. The van der Waals surface area contributed by atoms with E-state index < -0.39 is 0 Å². The van der Waals surface area contributed by atoms with Gasteiger partial charge < -0.3 is 0 Å². The molecule has 17 heavy (non-hydrogen) atoms. The Labute approximate surface area is 103 Å². The summed E-state index contributed by atoms with van der Waals surface area (Å²) in [5.74, 6) is 0.416. The minimum atomic E-state index is 0.416. The topological polar surface area (TPSA) is 20.3 Å². The molecule has 0 saturated carbocycles. The summed E-state index contributed by atoms with van der Waals surface area (Å²) in [6, 6.07) is 10.3. The number of benzene rings is 1. The van der Waals surface area contributed by atoms with Gasteiger partial charge >= 0.3 is 0 Å². The second-order valence-electron chi connectivity index (χ2n) is 4.51. The lowest BCUT2D eigenvalue weighted by molar-refractivity contribution is -0.118. The van der Waals surface area contributed by atoms with Gasteiger partial charge in [-0.3, -0.25) is 9.69 Å². The molecule has 0 aliphatic carbocycles. The maximum atomic E-state index is 11.3. The molecule has 0 bridgehead atoms. The summed E-state index contributed by atoms with van der Waals surface area (Å²) in [5.41, 5.74) is 1.23. The van der Waals surface area contributed by atoms with Crippen molar-refractivity contribution in [3.05, 3.63) is 42.0 Å². The van der Waals surface area contributed by atoms with E-state index in [-0.39, 0.29) is 0 Å². The summed E-state index contributed by atoms with van der Waals surface area (Å²) in [6.45, 7) is 2.91. The van der Waals surface area contributed by atoms with E-state index in [4.69, 9.17) is 0 Å². The summed E-state index contributed by atoms with van der Waals surface area (Å²) in [6.07, 6.45) is 6.83. The third kappa shape index (κ3) is 4.16. The Balaban J connectivity index is 1.81. The molecule has 1 aliphatic rings. The Kier molecular flexibility index (Phi) is 4.51. The van der Waals surface area contributed by atoms with Crippen LogP contribution in [0.4, 0.5) is 0 Å². The second kappa shape index (κ2) is 6.36. The summed E-state index contributed by atoms with van der Waals surface area (Å²) >= 11 is 0. The van der Waals surface area contributed by atoms with E-state index in [1.165, 1.54) is 5.56 Å². The predicted octanol–water partition coefficient (Wildman–Crippen LogP) is 2.75. The van der Waals surface area contributed by atoms with Crippen molar-refractivity contribution in [1.29, 1.82) is 0 Å². The van der Waals surface area contributed by atoms with E-state index in [9.17, 15) is 4.79 Å². The van der Waals surface area contributed by atoms with Gasteiger partial charge in [-0.25, -0.2) is 0 Å². The Morgan fingerprint density at radius 2 is 1.94 bits per heavy atom. The van der Waals surface area contributed by atoms with Gasteiger partial charge in [-0.05, 0) is 18.5 Å². The van der Waals surface area contributed by atoms with E-state index in [1.807, 2.05) is 18.2 Å². The van der Waals surface area contributed by atoms with E-state index in [1.54, 1.807) is 0 Å². The monoisotopic (exact) mass is 229 g/mol. The SMILES string of the molecule is O=C1CCCN(CC=Cc2ccccc2)CC1. The first-order chi connectivity index (χ1) is 8.34. The summed E-state index contributed by atoms with van der Waals surface area (Å²) in [4.78, 5) is 13.6. The molecule has 2 nitrogen and oxygen atoms in total. The average Bonchev–Trinajstić information content (AvgIpc) is 2.56. The first kappa shape index (κ1) is 12.1. The highest BCUT2D eigenvalue weighted by Gasteiger charge is 2.12. The fourth-order valence-electron chi connectivity index (χ4n) is 2.10. The molecule has 2 rings (SSSR count). The van der Waals surface area contributed by atoms with Crippen molar-refractivity contribution in [2.75, 3.05) is 19.6 Å². The number of nitrogens with zero attached hydrogens (tertiary/aromatic N) is 1. The fourth-order valence-corrected chi connectivity index (χ4v) is 2.10. The number of hydrogen-bond donors (Lipinski definition) is 0. The van der Waals surface area contributed by atoms with Crippen LogP contribution < -0.4 is 0 Å². The molecule has 1 fully saturated rings. The van der Waals surface area contributed by atoms with Gasteiger partial charge in [0, 0.05) is 25.9 Å². The maximum Gasteiger partial charge on any atom is 0.134 e. The van der Waals surface area contributed by atoms with Gasteiger partial charge in [0.05, 0.1) is 0 Å². The van der Waals surface area contributed by atoms with Crippen molar-refractivity contribution in [1.82, 2.24) is 4.90 Å². The van der Waals surface area contributed by atoms with Crippen molar-refractivity contribution in [3.63, 3.8) is 0 Å². The van der Waals surface area contributed by atoms with Crippen LogP contribution in [0.1, 0.15) is 24.8 Å². The lowest BCUT2D eigenvalue weighted by Gasteiger charge is -2.16. The number of Topliss-reactive ketones (excluding diaryl/α,β-unsaturated/α-hetero) is 1. The predicted molar refractivity (Wildman–Crippen MR) is 70.8 cm³/mol. The number of ketones is 1. The van der Waals surface area contributed by atoms with Crippen LogP contribution in [0.3, 0.4) is 0 Å². The van der Waals surface area contributed by atoms with Crippen molar-refractivity contribution in [3.8, 4) is 0 Å². The normalized spacial score (nSPS) is 18.5. The van der Waals surface area contributed by atoms with Gasteiger partial charge in [-0.1, -0.05) is 42.5 Å². The summed E-state index contributed by atoms with van der Waals surface area (Å²) in [5, 5.41) is 0. The zero-order chi connectivity index (χ0) is 11.9. The molecule has 0 amide bonds. The Morgan fingerprint density at radius 1 is 1.12 bits per heavy atom. The summed E-state index contributed by atoms with van der Waals surface area (Å²) in [7, 11) is 0. The largest absolute Gasteiger partial charge is 0.300 e. The lowest BCUT2D eigenvalue weighted by atomic mass is 10.2. The highest BCUT2D eigenvalue weighted by Crippen LogP contribution is 2.07. The molecular formula is C15H19NO. The molecule has 1 aliphatic heterocycles. The minimum Gasteiger partial charge on any atom is -0.300 e.